The molecule has 7 rings (SSSR count). The molecule has 4 aliphatic rings. The van der Waals surface area contributed by atoms with E-state index < -0.39 is 31.9 Å². The van der Waals surface area contributed by atoms with Crippen LogP contribution in [-0.2, 0) is 19.1 Å². The molecule has 0 saturated carbocycles. The van der Waals surface area contributed by atoms with Gasteiger partial charge >= 0.3 is 0 Å². The van der Waals surface area contributed by atoms with Gasteiger partial charge in [0.05, 0.1) is 26.4 Å². The average molecular weight is 938 g/mol. The summed E-state index contributed by atoms with van der Waals surface area (Å²) in [6.45, 7) is 4.59. The normalized spacial score (nSPS) is 20.1. The lowest BCUT2D eigenvalue weighted by Gasteiger charge is -2.33. The lowest BCUT2D eigenvalue weighted by molar-refractivity contribution is -0.121. The van der Waals surface area contributed by atoms with Crippen molar-refractivity contribution in [3.8, 4) is 11.5 Å². The maximum absolute atomic E-state index is 14.2. The van der Waals surface area contributed by atoms with Crippen LogP contribution in [0, 0.1) is 0 Å². The fourth-order valence-electron chi connectivity index (χ4n) is 7.63. The quantitative estimate of drug-likeness (QED) is 0.137. The predicted octanol–water partition coefficient (Wildman–Crippen LogP) is 9.00. The number of ether oxygens (including phenoxy) is 4. The molecule has 2 unspecified atom stereocenters. The molecule has 0 spiro atoms. The molecule has 2 atom stereocenters. The summed E-state index contributed by atoms with van der Waals surface area (Å²) in [6.07, 6.45) is 3.37. The number of rotatable bonds is 12. The van der Waals surface area contributed by atoms with Gasteiger partial charge in [0.15, 0.2) is 11.5 Å². The minimum absolute atomic E-state index is 0.0447. The molecule has 0 radical (unpaired) electrons. The SMILES string of the molecule is O=C(NC(Oc1ccccc1OC(NC(=O)C1=C(N2CCOCC2)/C(=C/c2ccccc2)CC1)C(Cl)(Cl)Cl)C(Cl)(Cl)Cl)C1=C(N2CCOCC2)/C(=C\c2ccccc2)CC1. The highest BCUT2D eigenvalue weighted by atomic mass is 35.6. The number of hydrogen-bond acceptors (Lipinski definition) is 8. The number of halogens is 6. The number of nitrogens with zero attached hydrogens (tertiary/aromatic N) is 2. The van der Waals surface area contributed by atoms with E-state index in [1.807, 2.05) is 60.7 Å². The molecule has 16 heteroatoms. The van der Waals surface area contributed by atoms with E-state index in [2.05, 4.69) is 32.6 Å². The number of carbonyl (C=O) groups is 2. The summed E-state index contributed by atoms with van der Waals surface area (Å²) in [5.74, 6) is -0.835. The summed E-state index contributed by atoms with van der Waals surface area (Å²) in [6, 6.07) is 26.3. The van der Waals surface area contributed by atoms with Crippen molar-refractivity contribution < 1.29 is 28.5 Å². The van der Waals surface area contributed by atoms with Gasteiger partial charge < -0.3 is 39.4 Å². The van der Waals surface area contributed by atoms with Crippen molar-refractivity contribution in [1.29, 1.82) is 0 Å². The number of allylic oxidation sites excluding steroid dienone is 2. The zero-order chi connectivity index (χ0) is 42.3. The number of carbonyl (C=O) groups excluding carboxylic acids is 2. The van der Waals surface area contributed by atoms with Crippen molar-refractivity contribution in [1.82, 2.24) is 20.4 Å². The van der Waals surface area contributed by atoms with E-state index in [0.29, 0.717) is 89.4 Å². The summed E-state index contributed by atoms with van der Waals surface area (Å²) < 4.78 is 19.4. The highest BCUT2D eigenvalue weighted by Crippen LogP contribution is 2.41. The first-order chi connectivity index (χ1) is 28.8. The predicted molar refractivity (Wildman–Crippen MR) is 238 cm³/mol. The smallest absolute Gasteiger partial charge is 0.252 e. The summed E-state index contributed by atoms with van der Waals surface area (Å²) >= 11 is 38.9. The molecule has 2 saturated heterocycles. The Morgan fingerprint density at radius 2 is 0.900 bits per heavy atom. The van der Waals surface area contributed by atoms with Crippen LogP contribution in [0.4, 0.5) is 0 Å². The van der Waals surface area contributed by atoms with Crippen LogP contribution < -0.4 is 20.1 Å². The van der Waals surface area contributed by atoms with Crippen molar-refractivity contribution in [2.75, 3.05) is 52.6 Å². The lowest BCUT2D eigenvalue weighted by atomic mass is 10.1. The van der Waals surface area contributed by atoms with Crippen molar-refractivity contribution in [3.63, 3.8) is 0 Å². The fourth-order valence-corrected chi connectivity index (χ4v) is 8.23. The highest BCUT2D eigenvalue weighted by molar-refractivity contribution is 6.68. The number of benzene rings is 3. The van der Waals surface area contributed by atoms with Gasteiger partial charge in [-0.3, -0.25) is 9.59 Å². The Labute approximate surface area is 379 Å². The number of morpholine rings is 2. The van der Waals surface area contributed by atoms with Crippen LogP contribution >= 0.6 is 69.6 Å². The first-order valence-corrected chi connectivity index (χ1v) is 21.9. The van der Waals surface area contributed by atoms with Crippen molar-refractivity contribution in [2.45, 2.75) is 45.7 Å². The Kier molecular flexibility index (Phi) is 14.9. The summed E-state index contributed by atoms with van der Waals surface area (Å²) in [5, 5.41) is 5.62. The van der Waals surface area contributed by atoms with Gasteiger partial charge in [0.25, 0.3) is 11.8 Å². The standard InChI is InChI=1S/C44H44Cl6N4O6/c45-43(46,47)41(51-39(55)33-17-15-31(27-29-9-3-1-4-10-29)37(33)53-19-23-57-24-20-53)59-35-13-7-8-14-36(35)60-42(44(48,49)50)52-40(56)34-18-16-32(28-30-11-5-2-6-12-30)38(34)54-21-25-58-26-22-54/h1-14,27-28,41-42H,15-26H2,(H,51,55)(H,52,56)/b31-27-,32-28+. The third-order valence-corrected chi connectivity index (χ3v) is 11.6. The molecule has 2 N–H and O–H groups in total. The number of para-hydroxylation sites is 2. The topological polar surface area (TPSA) is 102 Å². The first kappa shape index (κ1) is 44.5. The first-order valence-electron chi connectivity index (χ1n) is 19.7. The van der Waals surface area contributed by atoms with Gasteiger partial charge in [-0.05, 0) is 72.2 Å². The molecule has 3 aromatic carbocycles. The van der Waals surface area contributed by atoms with E-state index in [1.54, 1.807) is 24.3 Å². The second-order valence-corrected chi connectivity index (χ2v) is 19.2. The molecular weight excluding hydrogens is 893 g/mol. The van der Waals surface area contributed by atoms with Gasteiger partial charge in [-0.2, -0.15) is 0 Å². The third kappa shape index (κ3) is 11.3. The molecule has 3 aromatic rings. The van der Waals surface area contributed by atoms with Gasteiger partial charge in [-0.15, -0.1) is 0 Å². The average Bonchev–Trinajstić information content (AvgIpc) is 3.86. The molecule has 10 nitrogen and oxygen atoms in total. The maximum Gasteiger partial charge on any atom is 0.252 e. The van der Waals surface area contributed by atoms with Crippen molar-refractivity contribution in [2.24, 2.45) is 0 Å². The highest BCUT2D eigenvalue weighted by Gasteiger charge is 2.42. The van der Waals surface area contributed by atoms with Crippen molar-refractivity contribution >= 4 is 93.6 Å². The number of hydrogen-bond donors (Lipinski definition) is 2. The van der Waals surface area contributed by atoms with Crippen LogP contribution in [0.5, 0.6) is 11.5 Å². The van der Waals surface area contributed by atoms with Crippen LogP contribution in [0.3, 0.4) is 0 Å². The molecular formula is C44H44Cl6N4O6. The Hall–Kier alpha value is -3.58. The third-order valence-electron chi connectivity index (χ3n) is 10.4. The summed E-state index contributed by atoms with van der Waals surface area (Å²) in [7, 11) is 0. The van der Waals surface area contributed by atoms with Crippen LogP contribution in [0.25, 0.3) is 12.2 Å². The Morgan fingerprint density at radius 1 is 0.550 bits per heavy atom. The van der Waals surface area contributed by atoms with E-state index in [-0.39, 0.29) is 11.5 Å². The number of alkyl halides is 6. The molecule has 2 aliphatic heterocycles. The largest absolute Gasteiger partial charge is 0.462 e. The second-order valence-electron chi connectivity index (χ2n) is 14.5. The molecule has 2 fully saturated rings. The Balaban J connectivity index is 1.13. The van der Waals surface area contributed by atoms with E-state index in [0.717, 1.165) is 33.7 Å². The molecule has 0 bridgehead atoms. The second kappa shape index (κ2) is 20.1. The Bertz CT molecular complexity index is 1970. The fraction of sp³-hybridized carbons (Fsp3) is 0.364. The van der Waals surface area contributed by atoms with Crippen LogP contribution in [0.15, 0.2) is 119 Å². The van der Waals surface area contributed by atoms with Gasteiger partial charge in [0, 0.05) is 48.7 Å². The van der Waals surface area contributed by atoms with E-state index in [4.69, 9.17) is 88.6 Å². The van der Waals surface area contributed by atoms with Gasteiger partial charge in [0.1, 0.15) is 0 Å². The summed E-state index contributed by atoms with van der Waals surface area (Å²) in [5.41, 5.74) is 6.79. The van der Waals surface area contributed by atoms with E-state index in [9.17, 15) is 9.59 Å². The van der Waals surface area contributed by atoms with E-state index >= 15 is 0 Å². The molecule has 2 aliphatic carbocycles. The minimum Gasteiger partial charge on any atom is -0.462 e. The van der Waals surface area contributed by atoms with Gasteiger partial charge in [-0.1, -0.05) is 142 Å². The number of amides is 2. The summed E-state index contributed by atoms with van der Waals surface area (Å²) in [4.78, 5) is 32.7. The Morgan fingerprint density at radius 3 is 1.25 bits per heavy atom. The van der Waals surface area contributed by atoms with Gasteiger partial charge in [0.2, 0.25) is 20.0 Å². The molecule has 60 heavy (non-hydrogen) atoms. The van der Waals surface area contributed by atoms with Crippen LogP contribution in [0.1, 0.15) is 36.8 Å². The van der Waals surface area contributed by atoms with Crippen LogP contribution in [-0.4, -0.2) is 94.3 Å². The molecule has 2 amide bonds. The van der Waals surface area contributed by atoms with E-state index in [1.165, 1.54) is 0 Å². The molecule has 2 heterocycles. The monoisotopic (exact) mass is 934 g/mol. The molecule has 318 valence electrons. The minimum atomic E-state index is -2.15. The van der Waals surface area contributed by atoms with Gasteiger partial charge in [-0.25, -0.2) is 0 Å². The lowest BCUT2D eigenvalue weighted by Crippen LogP contribution is -2.49. The zero-order valence-electron chi connectivity index (χ0n) is 32.5. The van der Waals surface area contributed by atoms with Crippen LogP contribution in [0.2, 0.25) is 0 Å². The zero-order valence-corrected chi connectivity index (χ0v) is 37.0. The molecule has 0 aromatic heterocycles. The van der Waals surface area contributed by atoms with Crippen molar-refractivity contribution in [3.05, 3.63) is 130 Å². The maximum atomic E-state index is 14.2. The number of nitrogens with one attached hydrogen (secondary N) is 2.